The van der Waals surface area contributed by atoms with Crippen molar-refractivity contribution in [2.75, 3.05) is 12.4 Å². The number of nitriles is 1. The maximum atomic E-state index is 14.1. The van der Waals surface area contributed by atoms with Crippen molar-refractivity contribution in [3.63, 3.8) is 0 Å². The largest absolute Gasteiger partial charge is 0.495 e. The second-order valence-corrected chi connectivity index (χ2v) is 18.9. The number of ether oxygens (including phenoxy) is 1. The van der Waals surface area contributed by atoms with Crippen molar-refractivity contribution in [1.82, 2.24) is 14.0 Å². The molecule has 1 fully saturated rings. The highest BCUT2D eigenvalue weighted by atomic mass is 35.5. The minimum Gasteiger partial charge on any atom is -0.495 e. The number of nitrogens with one attached hydrogen (secondary N) is 1. The Balaban J connectivity index is 1.45. The van der Waals surface area contributed by atoms with Gasteiger partial charge in [-0.25, -0.2) is 4.98 Å². The van der Waals surface area contributed by atoms with Crippen LogP contribution in [-0.2, 0) is 9.22 Å². The monoisotopic (exact) mass is 659 g/mol. The van der Waals surface area contributed by atoms with Gasteiger partial charge in [0.2, 0.25) is 5.91 Å². The Labute approximate surface area is 276 Å². The molecule has 3 heterocycles. The van der Waals surface area contributed by atoms with E-state index in [4.69, 9.17) is 20.8 Å². The summed E-state index contributed by atoms with van der Waals surface area (Å²) in [5.41, 5.74) is 2.28. The maximum Gasteiger partial charge on any atom is 0.252 e. The van der Waals surface area contributed by atoms with E-state index >= 15 is 0 Å². The lowest BCUT2D eigenvalue weighted by molar-refractivity contribution is -0.120. The SMILES string of the molecule is COc1cn(C(C[C@H]2CC[C@H](O[Si](C)(C)C(C)(C)C)CC2)C(=O)Nc2ccc3nccn3c2)c(=O)cc1-c1cc(Cl)ccc1C#N. The molecule has 11 heteroatoms. The molecule has 1 amide bonds. The van der Waals surface area contributed by atoms with Crippen LogP contribution in [0.1, 0.15) is 64.5 Å². The van der Waals surface area contributed by atoms with Crippen molar-refractivity contribution < 1.29 is 14.0 Å². The van der Waals surface area contributed by atoms with E-state index < -0.39 is 14.4 Å². The molecule has 1 aliphatic carbocycles. The molecule has 0 bridgehead atoms. The number of rotatable bonds is 9. The van der Waals surface area contributed by atoms with E-state index in [0.717, 1.165) is 31.3 Å². The first-order valence-corrected chi connectivity index (χ1v) is 19.0. The van der Waals surface area contributed by atoms with E-state index in [1.807, 2.05) is 16.7 Å². The fourth-order valence-electron chi connectivity index (χ4n) is 5.94. The van der Waals surface area contributed by atoms with Crippen molar-refractivity contribution in [1.29, 1.82) is 5.26 Å². The van der Waals surface area contributed by atoms with Crippen molar-refractivity contribution in [3.8, 4) is 22.9 Å². The molecule has 1 aliphatic rings. The zero-order valence-corrected chi connectivity index (χ0v) is 29.1. The van der Waals surface area contributed by atoms with Gasteiger partial charge >= 0.3 is 0 Å². The molecule has 1 unspecified atom stereocenters. The van der Waals surface area contributed by atoms with Gasteiger partial charge in [-0.15, -0.1) is 0 Å². The van der Waals surface area contributed by atoms with E-state index in [9.17, 15) is 14.9 Å². The van der Waals surface area contributed by atoms with Gasteiger partial charge in [-0.1, -0.05) is 32.4 Å². The molecule has 1 atom stereocenters. The quantitative estimate of drug-likeness (QED) is 0.183. The van der Waals surface area contributed by atoms with Crippen LogP contribution in [0.15, 0.2) is 66.0 Å². The van der Waals surface area contributed by atoms with Crippen molar-refractivity contribution in [2.45, 2.75) is 83.2 Å². The van der Waals surface area contributed by atoms with E-state index in [0.29, 0.717) is 39.6 Å². The fraction of sp³-hybridized carbons (Fsp3) is 0.429. The van der Waals surface area contributed by atoms with Crippen LogP contribution in [0.4, 0.5) is 5.69 Å². The second kappa shape index (κ2) is 13.4. The standard InChI is InChI=1S/C35H42ClN5O4Si/c1-35(2,3)46(5,6)45-27-12-7-23(8-13-27)17-30(34(43)39-26-11-14-32-38-15-16-40(32)21-26)41-22-31(44-4)29(19-33(41)42)28-18-25(36)10-9-24(28)20-37/h9-11,14-16,18-19,21-23,27,30H,7-8,12-13,17H2,1-6H3,(H,39,43)/t23-,27-,30?. The zero-order valence-electron chi connectivity index (χ0n) is 27.3. The Morgan fingerprint density at radius 2 is 1.87 bits per heavy atom. The molecular formula is C35H42ClN5O4Si. The number of hydrogen-bond donors (Lipinski definition) is 1. The van der Waals surface area contributed by atoms with Crippen molar-refractivity contribution >= 4 is 37.2 Å². The van der Waals surface area contributed by atoms with E-state index in [-0.39, 0.29) is 28.5 Å². The summed E-state index contributed by atoms with van der Waals surface area (Å²) in [4.78, 5) is 32.2. The number of carbonyl (C=O) groups excluding carboxylic acids is 1. The van der Waals surface area contributed by atoms with E-state index in [2.05, 4.69) is 50.2 Å². The first kappa shape index (κ1) is 33.5. The van der Waals surface area contributed by atoms with E-state index in [1.165, 1.54) is 17.7 Å². The molecule has 0 spiro atoms. The number of imidazole rings is 1. The second-order valence-electron chi connectivity index (χ2n) is 13.7. The van der Waals surface area contributed by atoms with Crippen LogP contribution in [0, 0.1) is 17.2 Å². The molecule has 1 N–H and O–H groups in total. The molecule has 242 valence electrons. The lowest BCUT2D eigenvalue weighted by Gasteiger charge is -2.41. The molecule has 9 nitrogen and oxygen atoms in total. The number of nitrogens with zero attached hydrogens (tertiary/aromatic N) is 4. The molecule has 5 rings (SSSR count). The van der Waals surface area contributed by atoms with Gasteiger partial charge in [0.25, 0.3) is 5.56 Å². The van der Waals surface area contributed by atoms with Gasteiger partial charge in [0.05, 0.1) is 30.6 Å². The predicted molar refractivity (Wildman–Crippen MR) is 184 cm³/mol. The summed E-state index contributed by atoms with van der Waals surface area (Å²) >= 11 is 6.27. The average Bonchev–Trinajstić information content (AvgIpc) is 3.48. The van der Waals surface area contributed by atoms with Crippen molar-refractivity contribution in [2.24, 2.45) is 5.92 Å². The smallest absolute Gasteiger partial charge is 0.252 e. The van der Waals surface area contributed by atoms with Crippen molar-refractivity contribution in [3.05, 3.63) is 82.1 Å². The summed E-state index contributed by atoms with van der Waals surface area (Å²) in [5, 5.41) is 13.3. The highest BCUT2D eigenvalue weighted by Gasteiger charge is 2.40. The summed E-state index contributed by atoms with van der Waals surface area (Å²) in [6.07, 6.45) is 11.2. The molecule has 1 saturated carbocycles. The van der Waals surface area contributed by atoms with Gasteiger partial charge in [0, 0.05) is 46.9 Å². The Hall–Kier alpha value is -3.91. The number of hydrogen-bond acceptors (Lipinski definition) is 6. The number of halogens is 1. The molecule has 3 aromatic heterocycles. The lowest BCUT2D eigenvalue weighted by Crippen LogP contribution is -2.44. The minimum atomic E-state index is -1.89. The summed E-state index contributed by atoms with van der Waals surface area (Å²) in [5.74, 6) is 0.292. The molecular weight excluding hydrogens is 618 g/mol. The van der Waals surface area contributed by atoms with Crippen LogP contribution in [0.25, 0.3) is 16.8 Å². The van der Waals surface area contributed by atoms with Gasteiger partial charge < -0.3 is 18.9 Å². The number of aromatic nitrogens is 3. The highest BCUT2D eigenvalue weighted by molar-refractivity contribution is 6.74. The third-order valence-corrected chi connectivity index (χ3v) is 14.3. The molecule has 0 radical (unpaired) electrons. The Morgan fingerprint density at radius 1 is 1.13 bits per heavy atom. The normalized spacial score (nSPS) is 17.8. The summed E-state index contributed by atoms with van der Waals surface area (Å²) < 4.78 is 15.7. The molecule has 46 heavy (non-hydrogen) atoms. The third-order valence-electron chi connectivity index (χ3n) is 9.57. The van der Waals surface area contributed by atoms with Crippen LogP contribution >= 0.6 is 11.6 Å². The van der Waals surface area contributed by atoms with Gasteiger partial charge in [0.1, 0.15) is 17.4 Å². The Bertz CT molecular complexity index is 1830. The summed E-state index contributed by atoms with van der Waals surface area (Å²) in [6, 6.07) is 11.3. The zero-order chi connectivity index (χ0) is 33.2. The molecule has 1 aromatic carbocycles. The van der Waals surface area contributed by atoms with Gasteiger partial charge in [0.15, 0.2) is 8.32 Å². The molecule has 0 saturated heterocycles. The van der Waals surface area contributed by atoms with Gasteiger partial charge in [-0.2, -0.15) is 5.26 Å². The molecule has 4 aromatic rings. The predicted octanol–water partition coefficient (Wildman–Crippen LogP) is 7.85. The number of fused-ring (bicyclic) bond motifs is 1. The topological polar surface area (TPSA) is 111 Å². The first-order chi connectivity index (χ1) is 21.8. The number of carbonyl (C=O) groups is 1. The number of benzene rings is 1. The number of pyridine rings is 2. The molecule has 0 aliphatic heterocycles. The number of anilines is 1. The van der Waals surface area contributed by atoms with Crippen LogP contribution < -0.4 is 15.6 Å². The minimum absolute atomic E-state index is 0.137. The average molecular weight is 660 g/mol. The number of amides is 1. The van der Waals surface area contributed by atoms with Crippen LogP contribution in [0.3, 0.4) is 0 Å². The van der Waals surface area contributed by atoms with Gasteiger partial charge in [-0.3, -0.25) is 14.2 Å². The highest BCUT2D eigenvalue weighted by Crippen LogP contribution is 2.41. The third kappa shape index (κ3) is 7.22. The lowest BCUT2D eigenvalue weighted by atomic mass is 9.83. The van der Waals surface area contributed by atoms with Gasteiger partial charge in [-0.05, 0) is 86.5 Å². The maximum absolute atomic E-state index is 14.1. The Kier molecular flexibility index (Phi) is 9.77. The number of methoxy groups -OCH3 is 1. The van der Waals surface area contributed by atoms with Crippen LogP contribution in [0.2, 0.25) is 23.2 Å². The fourth-order valence-corrected chi connectivity index (χ4v) is 7.54. The first-order valence-electron chi connectivity index (χ1n) is 15.7. The summed E-state index contributed by atoms with van der Waals surface area (Å²) in [6.45, 7) is 11.3. The Morgan fingerprint density at radius 3 is 2.54 bits per heavy atom. The van der Waals surface area contributed by atoms with Crippen LogP contribution in [-0.4, -0.2) is 41.4 Å². The van der Waals surface area contributed by atoms with Crippen LogP contribution in [0.5, 0.6) is 5.75 Å². The summed E-state index contributed by atoms with van der Waals surface area (Å²) in [7, 11) is -0.392. The van der Waals surface area contributed by atoms with E-state index in [1.54, 1.807) is 42.9 Å².